The van der Waals surface area contributed by atoms with Crippen molar-refractivity contribution < 1.29 is 23.5 Å². The quantitative estimate of drug-likeness (QED) is 0.445. The molecule has 1 spiro atoms. The number of fused-ring (bicyclic) bond motifs is 3. The minimum absolute atomic E-state index is 0.0289. The molecule has 1 aromatic heterocycles. The van der Waals surface area contributed by atoms with Crippen LogP contribution in [-0.4, -0.2) is 60.3 Å². The predicted octanol–water partition coefficient (Wildman–Crippen LogP) is 4.02. The molecule has 6 aliphatic rings. The van der Waals surface area contributed by atoms with Gasteiger partial charge in [0.05, 0.1) is 12.3 Å². The predicted molar refractivity (Wildman–Crippen MR) is 147 cm³/mol. The van der Waals surface area contributed by atoms with E-state index in [1.165, 1.54) is 13.0 Å². The van der Waals surface area contributed by atoms with E-state index in [1.807, 2.05) is 6.07 Å². The third-order valence-corrected chi connectivity index (χ3v) is 12.7. The summed E-state index contributed by atoms with van der Waals surface area (Å²) in [5, 5.41) is 3.44. The van der Waals surface area contributed by atoms with Gasteiger partial charge in [-0.05, 0) is 106 Å². The van der Waals surface area contributed by atoms with E-state index in [4.69, 9.17) is 13.9 Å². The number of rotatable bonds is 4. The average Bonchev–Trinajstić information content (AvgIpc) is 3.44. The van der Waals surface area contributed by atoms with Crippen molar-refractivity contribution in [1.82, 2.24) is 10.2 Å². The normalized spacial score (nSPS) is 47.4. The highest BCUT2D eigenvalue weighted by Gasteiger charge is 2.84. The summed E-state index contributed by atoms with van der Waals surface area (Å²) in [4.78, 5) is 39.2. The van der Waals surface area contributed by atoms with Crippen molar-refractivity contribution in [2.75, 3.05) is 13.6 Å². The maximum atomic E-state index is 13.0. The Kier molecular flexibility index (Phi) is 6.11. The summed E-state index contributed by atoms with van der Waals surface area (Å²) in [5.41, 5.74) is 0.244. The van der Waals surface area contributed by atoms with Gasteiger partial charge in [0.2, 0.25) is 5.91 Å². The van der Waals surface area contributed by atoms with E-state index in [2.05, 4.69) is 31.1 Å². The zero-order chi connectivity index (χ0) is 28.0. The highest BCUT2D eigenvalue weighted by Crippen LogP contribution is 2.78. The summed E-state index contributed by atoms with van der Waals surface area (Å²) >= 11 is 0. The molecule has 8 heteroatoms. The molecular formula is C32H44N2O6. The molecule has 0 radical (unpaired) electrons. The lowest BCUT2D eigenvalue weighted by Crippen LogP contribution is -2.59. The summed E-state index contributed by atoms with van der Waals surface area (Å²) < 4.78 is 18.0. The number of nitrogens with zero attached hydrogens (tertiary/aromatic N) is 1. The van der Waals surface area contributed by atoms with Gasteiger partial charge in [-0.15, -0.1) is 0 Å². The number of hydrogen-bond acceptors (Lipinski definition) is 7. The molecule has 1 unspecified atom stereocenters. The van der Waals surface area contributed by atoms with Crippen LogP contribution in [0.25, 0.3) is 0 Å². The number of likely N-dealkylation sites (tertiary alicyclic amines) is 1. The van der Waals surface area contributed by atoms with Crippen molar-refractivity contribution in [2.24, 2.45) is 28.6 Å². The maximum absolute atomic E-state index is 13.0. The van der Waals surface area contributed by atoms with Gasteiger partial charge in [-0.3, -0.25) is 14.5 Å². The van der Waals surface area contributed by atoms with Crippen LogP contribution in [0.5, 0.6) is 0 Å². The molecule has 7 rings (SSSR count). The molecule has 4 saturated carbocycles. The molecule has 1 amide bonds. The molecule has 0 bridgehead atoms. The Hall–Kier alpha value is -2.19. The topological polar surface area (TPSA) is 101 Å². The maximum Gasteiger partial charge on any atom is 0.335 e. The number of esters is 1. The van der Waals surface area contributed by atoms with Gasteiger partial charge < -0.3 is 19.2 Å². The second-order valence-electron chi connectivity index (χ2n) is 14.3. The lowest BCUT2D eigenvalue weighted by atomic mass is 9.44. The number of carbonyl (C=O) groups excluding carboxylic acids is 2. The smallest absolute Gasteiger partial charge is 0.335 e. The fourth-order valence-electron chi connectivity index (χ4n) is 10.8. The van der Waals surface area contributed by atoms with Crippen molar-refractivity contribution in [2.45, 2.75) is 114 Å². The van der Waals surface area contributed by atoms with Crippen LogP contribution in [-0.2, 0) is 19.1 Å². The summed E-state index contributed by atoms with van der Waals surface area (Å²) in [7, 11) is 2.06. The Morgan fingerprint density at radius 2 is 1.90 bits per heavy atom. The van der Waals surface area contributed by atoms with Gasteiger partial charge >= 0.3 is 11.6 Å². The molecule has 3 heterocycles. The van der Waals surface area contributed by atoms with Crippen LogP contribution in [0.1, 0.15) is 90.0 Å². The van der Waals surface area contributed by atoms with Gasteiger partial charge in [-0.25, -0.2) is 4.79 Å². The Bertz CT molecular complexity index is 1240. The molecule has 1 aromatic rings. The van der Waals surface area contributed by atoms with Crippen LogP contribution in [0.4, 0.5) is 0 Å². The Balaban J connectivity index is 1.13. The summed E-state index contributed by atoms with van der Waals surface area (Å²) in [6.45, 7) is 7.31. The Morgan fingerprint density at radius 1 is 1.07 bits per heavy atom. The molecule has 4 aliphatic carbocycles. The molecule has 11 atom stereocenters. The summed E-state index contributed by atoms with van der Waals surface area (Å²) in [6.07, 6.45) is 10.7. The highest BCUT2D eigenvalue weighted by molar-refractivity contribution is 5.82. The van der Waals surface area contributed by atoms with Crippen LogP contribution in [0.3, 0.4) is 0 Å². The van der Waals surface area contributed by atoms with Gasteiger partial charge in [0, 0.05) is 30.4 Å². The zero-order valence-electron chi connectivity index (χ0n) is 24.3. The molecule has 40 heavy (non-hydrogen) atoms. The van der Waals surface area contributed by atoms with Gasteiger partial charge in [-0.2, -0.15) is 0 Å². The van der Waals surface area contributed by atoms with Crippen molar-refractivity contribution in [3.05, 3.63) is 34.4 Å². The minimum Gasteiger partial charge on any atom is -0.459 e. The largest absolute Gasteiger partial charge is 0.459 e. The lowest BCUT2D eigenvalue weighted by molar-refractivity contribution is -0.156. The lowest BCUT2D eigenvalue weighted by Gasteiger charge is -2.61. The SMILES string of the molecule is CC(=O)O[C@H]1[C@H]2O[C@]23[C@@H]2CC[C@@H]4C[C@@H](NC(=O)C5CCCN5C)CC[C@]4(C)[C@H]2CC[C@]3(C)[C@H]1c1ccc(=O)oc1. The van der Waals surface area contributed by atoms with Crippen LogP contribution < -0.4 is 10.9 Å². The molecule has 1 N–H and O–H groups in total. The second kappa shape index (κ2) is 9.15. The van der Waals surface area contributed by atoms with Gasteiger partial charge in [0.15, 0.2) is 0 Å². The first-order chi connectivity index (χ1) is 19.1. The van der Waals surface area contributed by atoms with Crippen LogP contribution >= 0.6 is 0 Å². The molecule has 0 aromatic carbocycles. The standard InChI is InChI=1S/C32H44N2O6/c1-18(35)39-27-26(19-7-10-25(36)38-17-19)31(3)14-12-22-23(32(31)28(27)40-32)9-8-20-16-21(11-13-30(20,22)2)33-29(37)24-6-5-15-34(24)4/h7,10,17,20-24,26-28H,5-6,8-9,11-16H2,1-4H3,(H,33,37)/t20-,21+,22+,23-,24?,26+,27-,28-,30+,31-,32-/m1/s1. The molecule has 2 aliphatic heterocycles. The molecular weight excluding hydrogens is 508 g/mol. The van der Waals surface area contributed by atoms with Gasteiger partial charge in [0.25, 0.3) is 0 Å². The van der Waals surface area contributed by atoms with Crippen LogP contribution in [0, 0.1) is 28.6 Å². The van der Waals surface area contributed by atoms with E-state index in [-0.39, 0.29) is 64.1 Å². The second-order valence-corrected chi connectivity index (χ2v) is 14.3. The van der Waals surface area contributed by atoms with E-state index < -0.39 is 0 Å². The Morgan fingerprint density at radius 3 is 2.60 bits per heavy atom. The highest BCUT2D eigenvalue weighted by atomic mass is 16.7. The molecule has 8 nitrogen and oxygen atoms in total. The fraction of sp³-hybridized carbons (Fsp3) is 0.781. The first-order valence-corrected chi connectivity index (χ1v) is 15.5. The number of amides is 1. The van der Waals surface area contributed by atoms with Crippen molar-refractivity contribution in [3.63, 3.8) is 0 Å². The molecule has 218 valence electrons. The van der Waals surface area contributed by atoms with Gasteiger partial charge in [0.1, 0.15) is 17.8 Å². The number of ether oxygens (including phenoxy) is 2. The van der Waals surface area contributed by atoms with Crippen LogP contribution in [0.2, 0.25) is 0 Å². The number of nitrogens with one attached hydrogen (secondary N) is 1. The number of epoxide rings is 1. The van der Waals surface area contributed by atoms with Crippen molar-refractivity contribution in [3.8, 4) is 0 Å². The summed E-state index contributed by atoms with van der Waals surface area (Å²) in [5.74, 6) is 1.41. The molecule has 6 fully saturated rings. The monoisotopic (exact) mass is 552 g/mol. The van der Waals surface area contributed by atoms with Gasteiger partial charge in [-0.1, -0.05) is 13.8 Å². The summed E-state index contributed by atoms with van der Waals surface area (Å²) in [6, 6.07) is 3.62. The van der Waals surface area contributed by atoms with E-state index in [0.717, 1.165) is 69.9 Å². The van der Waals surface area contributed by atoms with Crippen LogP contribution in [0.15, 0.2) is 27.6 Å². The first-order valence-electron chi connectivity index (χ1n) is 15.5. The number of hydrogen-bond donors (Lipinski definition) is 1. The zero-order valence-corrected chi connectivity index (χ0v) is 24.3. The van der Waals surface area contributed by atoms with E-state index in [9.17, 15) is 14.4 Å². The first kappa shape index (κ1) is 26.7. The Labute approximate surface area is 236 Å². The van der Waals surface area contributed by atoms with E-state index >= 15 is 0 Å². The third-order valence-electron chi connectivity index (χ3n) is 12.7. The fourth-order valence-corrected chi connectivity index (χ4v) is 10.8. The van der Waals surface area contributed by atoms with E-state index in [0.29, 0.717) is 17.8 Å². The minimum atomic E-state index is -0.376. The number of likely N-dealkylation sites (N-methyl/N-ethyl adjacent to an activating group) is 1. The van der Waals surface area contributed by atoms with Crippen molar-refractivity contribution >= 4 is 11.9 Å². The van der Waals surface area contributed by atoms with E-state index in [1.54, 1.807) is 6.26 Å². The number of carbonyl (C=O) groups is 2. The average molecular weight is 553 g/mol. The van der Waals surface area contributed by atoms with Crippen molar-refractivity contribution in [1.29, 1.82) is 0 Å². The third kappa shape index (κ3) is 3.67. The molecule has 2 saturated heterocycles.